The number of H-pyrrole nitrogens is 1. The lowest BCUT2D eigenvalue weighted by Gasteiger charge is -2.18. The fourth-order valence-electron chi connectivity index (χ4n) is 1.55. The molecular weight excluding hydrogens is 230 g/mol. The highest BCUT2D eigenvalue weighted by Crippen LogP contribution is 2.20. The summed E-state index contributed by atoms with van der Waals surface area (Å²) in [6.45, 7) is 4.89. The van der Waals surface area contributed by atoms with Crippen LogP contribution >= 0.6 is 0 Å². The molecule has 0 saturated heterocycles. The van der Waals surface area contributed by atoms with Crippen LogP contribution in [-0.2, 0) is 10.0 Å². The molecule has 2 N–H and O–H groups in total. The third-order valence-corrected chi connectivity index (χ3v) is 4.34. The zero-order chi connectivity index (χ0) is 12.5. The predicted octanol–water partition coefficient (Wildman–Crippen LogP) is 0.0278. The summed E-state index contributed by atoms with van der Waals surface area (Å²) in [5.41, 5.74) is 0.949. The van der Waals surface area contributed by atoms with Crippen LogP contribution in [0.15, 0.2) is 4.90 Å². The van der Waals surface area contributed by atoms with E-state index in [0.29, 0.717) is 11.4 Å². The van der Waals surface area contributed by atoms with Crippen molar-refractivity contribution >= 4 is 10.0 Å². The summed E-state index contributed by atoms with van der Waals surface area (Å²) in [6.07, 6.45) is -0.702. The van der Waals surface area contributed by atoms with Gasteiger partial charge in [0.05, 0.1) is 17.5 Å². The van der Waals surface area contributed by atoms with E-state index in [1.165, 1.54) is 7.05 Å². The van der Waals surface area contributed by atoms with Crippen LogP contribution in [0.4, 0.5) is 0 Å². The van der Waals surface area contributed by atoms with Gasteiger partial charge in [0.25, 0.3) is 0 Å². The van der Waals surface area contributed by atoms with Gasteiger partial charge in [-0.2, -0.15) is 9.40 Å². The molecule has 0 saturated carbocycles. The molecule has 16 heavy (non-hydrogen) atoms. The van der Waals surface area contributed by atoms with Gasteiger partial charge in [-0.25, -0.2) is 8.42 Å². The first-order chi connectivity index (χ1) is 7.26. The van der Waals surface area contributed by atoms with Crippen LogP contribution in [-0.4, -0.2) is 47.7 Å². The molecule has 0 aliphatic carbocycles. The van der Waals surface area contributed by atoms with Crippen LogP contribution in [0.25, 0.3) is 0 Å². The second-order valence-electron chi connectivity index (χ2n) is 3.90. The van der Waals surface area contributed by atoms with E-state index in [1.54, 1.807) is 20.8 Å². The van der Waals surface area contributed by atoms with Gasteiger partial charge in [-0.15, -0.1) is 0 Å². The van der Waals surface area contributed by atoms with Gasteiger partial charge >= 0.3 is 0 Å². The third kappa shape index (κ3) is 2.42. The summed E-state index contributed by atoms with van der Waals surface area (Å²) in [4.78, 5) is 0.190. The zero-order valence-corrected chi connectivity index (χ0v) is 10.7. The van der Waals surface area contributed by atoms with E-state index in [0.717, 1.165) is 4.31 Å². The molecule has 0 spiro atoms. The number of aliphatic hydroxyl groups is 1. The fraction of sp³-hybridized carbons (Fsp3) is 0.667. The maximum atomic E-state index is 12.1. The molecule has 0 fully saturated rings. The lowest BCUT2D eigenvalue weighted by Crippen LogP contribution is -2.33. The first-order valence-corrected chi connectivity index (χ1v) is 6.36. The summed E-state index contributed by atoms with van der Waals surface area (Å²) in [5, 5.41) is 15.7. The highest BCUT2D eigenvalue weighted by atomic mass is 32.2. The van der Waals surface area contributed by atoms with Gasteiger partial charge < -0.3 is 5.11 Å². The summed E-state index contributed by atoms with van der Waals surface area (Å²) in [6, 6.07) is 0. The minimum Gasteiger partial charge on any atom is -0.392 e. The van der Waals surface area contributed by atoms with E-state index in [4.69, 9.17) is 0 Å². The molecule has 6 nitrogen and oxygen atoms in total. The Morgan fingerprint density at radius 3 is 2.44 bits per heavy atom. The lowest BCUT2D eigenvalue weighted by molar-refractivity contribution is 0.171. The number of hydrogen-bond donors (Lipinski definition) is 2. The molecule has 1 heterocycles. The van der Waals surface area contributed by atoms with Crippen LogP contribution in [0.1, 0.15) is 18.3 Å². The minimum absolute atomic E-state index is 0.0619. The molecule has 1 aromatic rings. The molecule has 0 aliphatic rings. The van der Waals surface area contributed by atoms with Crippen LogP contribution in [0.2, 0.25) is 0 Å². The van der Waals surface area contributed by atoms with E-state index in [1.807, 2.05) is 0 Å². The van der Waals surface area contributed by atoms with Gasteiger partial charge in [0.2, 0.25) is 10.0 Å². The molecule has 0 aliphatic heterocycles. The molecule has 1 aromatic heterocycles. The van der Waals surface area contributed by atoms with Crippen molar-refractivity contribution in [1.29, 1.82) is 0 Å². The first-order valence-electron chi connectivity index (χ1n) is 4.92. The predicted molar refractivity (Wildman–Crippen MR) is 59.6 cm³/mol. The number of aromatic amines is 1. The summed E-state index contributed by atoms with van der Waals surface area (Å²) < 4.78 is 25.4. The first kappa shape index (κ1) is 13.1. The summed E-state index contributed by atoms with van der Waals surface area (Å²) >= 11 is 0. The fourth-order valence-corrected chi connectivity index (χ4v) is 3.12. The monoisotopic (exact) mass is 247 g/mol. The quantitative estimate of drug-likeness (QED) is 0.786. The maximum absolute atomic E-state index is 12.1. The number of nitrogens with zero attached hydrogens (tertiary/aromatic N) is 2. The van der Waals surface area contributed by atoms with Crippen molar-refractivity contribution in [2.24, 2.45) is 0 Å². The second-order valence-corrected chi connectivity index (χ2v) is 5.88. The number of nitrogens with one attached hydrogen (secondary N) is 1. The van der Waals surface area contributed by atoms with Crippen molar-refractivity contribution in [1.82, 2.24) is 14.5 Å². The average Bonchev–Trinajstić information content (AvgIpc) is 2.45. The number of rotatable bonds is 4. The maximum Gasteiger partial charge on any atom is 0.246 e. The van der Waals surface area contributed by atoms with Gasteiger partial charge in [-0.3, -0.25) is 5.10 Å². The van der Waals surface area contributed by atoms with Crippen molar-refractivity contribution in [3.8, 4) is 0 Å². The van der Waals surface area contributed by atoms with Crippen molar-refractivity contribution in [2.75, 3.05) is 13.6 Å². The van der Waals surface area contributed by atoms with Crippen molar-refractivity contribution in [3.05, 3.63) is 11.4 Å². The highest BCUT2D eigenvalue weighted by molar-refractivity contribution is 7.89. The van der Waals surface area contributed by atoms with Crippen LogP contribution < -0.4 is 0 Å². The molecule has 1 unspecified atom stereocenters. The third-order valence-electron chi connectivity index (χ3n) is 2.25. The highest BCUT2D eigenvalue weighted by Gasteiger charge is 2.27. The molecule has 1 atom stereocenters. The van der Waals surface area contributed by atoms with E-state index >= 15 is 0 Å². The SMILES string of the molecule is Cc1n[nH]c(C)c1S(=O)(=O)N(C)CC(C)O. The standard InChI is InChI=1S/C9H17N3O3S/c1-6(13)5-12(4)16(14,15)9-7(2)10-11-8(9)3/h6,13H,5H2,1-4H3,(H,10,11). The Kier molecular flexibility index (Phi) is 3.72. The van der Waals surface area contributed by atoms with Crippen LogP contribution in [0, 0.1) is 13.8 Å². The summed E-state index contributed by atoms with van der Waals surface area (Å²) in [7, 11) is -2.13. The molecule has 0 amide bonds. The Morgan fingerprint density at radius 2 is 2.06 bits per heavy atom. The van der Waals surface area contributed by atoms with Crippen molar-refractivity contribution < 1.29 is 13.5 Å². The number of sulfonamides is 1. The normalized spacial score (nSPS) is 14.4. The van der Waals surface area contributed by atoms with Crippen LogP contribution in [0.3, 0.4) is 0 Å². The number of aliphatic hydroxyl groups excluding tert-OH is 1. The van der Waals surface area contributed by atoms with E-state index in [2.05, 4.69) is 10.2 Å². The molecule has 0 aromatic carbocycles. The van der Waals surface area contributed by atoms with Gasteiger partial charge in [0.15, 0.2) is 0 Å². The van der Waals surface area contributed by atoms with E-state index < -0.39 is 16.1 Å². The zero-order valence-electron chi connectivity index (χ0n) is 9.85. The molecule has 0 bridgehead atoms. The van der Waals surface area contributed by atoms with Crippen molar-refractivity contribution in [3.63, 3.8) is 0 Å². The number of aromatic nitrogens is 2. The Hall–Kier alpha value is -0.920. The Balaban J connectivity index is 3.12. The largest absolute Gasteiger partial charge is 0.392 e. The number of hydrogen-bond acceptors (Lipinski definition) is 4. The molecule has 1 rings (SSSR count). The number of aryl methyl sites for hydroxylation is 2. The Morgan fingerprint density at radius 1 is 1.50 bits per heavy atom. The topological polar surface area (TPSA) is 86.3 Å². The van der Waals surface area contributed by atoms with Crippen LogP contribution in [0.5, 0.6) is 0 Å². The Bertz CT molecular complexity index is 445. The molecule has 92 valence electrons. The van der Waals surface area contributed by atoms with Gasteiger partial charge in [0, 0.05) is 13.6 Å². The molecule has 0 radical (unpaired) electrons. The minimum atomic E-state index is -3.57. The average molecular weight is 247 g/mol. The Labute approximate surface area is 95.3 Å². The van der Waals surface area contributed by atoms with Gasteiger partial charge in [0.1, 0.15) is 4.90 Å². The van der Waals surface area contributed by atoms with Gasteiger partial charge in [-0.05, 0) is 20.8 Å². The van der Waals surface area contributed by atoms with E-state index in [-0.39, 0.29) is 11.4 Å². The summed E-state index contributed by atoms with van der Waals surface area (Å²) in [5.74, 6) is 0. The smallest absolute Gasteiger partial charge is 0.246 e. The number of likely N-dealkylation sites (N-methyl/N-ethyl adjacent to an activating group) is 1. The second kappa shape index (κ2) is 4.52. The van der Waals surface area contributed by atoms with Crippen molar-refractivity contribution in [2.45, 2.75) is 31.8 Å². The molecular formula is C9H17N3O3S. The molecule has 7 heteroatoms. The van der Waals surface area contributed by atoms with Gasteiger partial charge in [-0.1, -0.05) is 0 Å². The van der Waals surface area contributed by atoms with E-state index in [9.17, 15) is 13.5 Å². The lowest BCUT2D eigenvalue weighted by atomic mass is 10.4.